The highest BCUT2D eigenvalue weighted by Gasteiger charge is 2.23. The molecule has 2 aromatic heterocycles. The number of hydrogen-bond acceptors (Lipinski definition) is 6. The summed E-state index contributed by atoms with van der Waals surface area (Å²) in [4.78, 5) is 46.1. The van der Waals surface area contributed by atoms with Gasteiger partial charge in [0, 0.05) is 31.3 Å². The van der Waals surface area contributed by atoms with Gasteiger partial charge in [0.1, 0.15) is 5.82 Å². The van der Waals surface area contributed by atoms with E-state index in [1.807, 2.05) is 65.4 Å². The highest BCUT2D eigenvalue weighted by Crippen LogP contribution is 2.20. The second kappa shape index (κ2) is 11.2. The number of nitrogens with two attached hydrogens (primary N) is 1. The molecule has 1 amide bonds. The molecule has 0 atom stereocenters. The summed E-state index contributed by atoms with van der Waals surface area (Å²) < 4.78 is 8.10. The number of benzene rings is 2. The smallest absolute Gasteiger partial charge is 0.330 e. The number of amides is 1. The van der Waals surface area contributed by atoms with E-state index in [2.05, 4.69) is 9.97 Å². The van der Waals surface area contributed by atoms with E-state index in [9.17, 15) is 14.4 Å². The third-order valence-corrected chi connectivity index (χ3v) is 5.57. The summed E-state index contributed by atoms with van der Waals surface area (Å²) in [6, 6.07) is 16.7. The number of nitrogen functional groups attached to an aromatic ring is 1. The van der Waals surface area contributed by atoms with Crippen LogP contribution < -0.4 is 21.9 Å². The molecule has 0 aliphatic carbocycles. The van der Waals surface area contributed by atoms with Crippen LogP contribution in [0.15, 0.2) is 89.0 Å². The molecular formula is C26H26N6O4. The topological polar surface area (TPSA) is 128 Å². The summed E-state index contributed by atoms with van der Waals surface area (Å²) in [5, 5.41) is 0. The Morgan fingerprint density at radius 2 is 1.89 bits per heavy atom. The number of H-pyrrole nitrogens is 1. The number of nitrogens with zero attached hydrogens (tertiary/aromatic N) is 4. The fraction of sp³-hybridized carbons (Fsp3) is 0.154. The van der Waals surface area contributed by atoms with Gasteiger partial charge in [-0.15, -0.1) is 0 Å². The molecule has 0 spiro atoms. The van der Waals surface area contributed by atoms with Crippen molar-refractivity contribution in [3.8, 4) is 5.69 Å². The number of imidazole rings is 1. The van der Waals surface area contributed by atoms with Crippen molar-refractivity contribution in [2.24, 2.45) is 0 Å². The standard InChI is InChI=1S/C26H26N6O4/c1-36-16-15-31-24(27)23(25(34)29-26(31)35)32(17-20-5-3-2-4-6-20)22(33)12-9-19-7-10-21(11-8-19)30-14-13-28-18-30/h2-14,18H,15-17,27H2,1H3,(H,29,34,35). The van der Waals surface area contributed by atoms with E-state index in [0.717, 1.165) is 16.8 Å². The van der Waals surface area contributed by atoms with Gasteiger partial charge in [-0.2, -0.15) is 0 Å². The molecule has 0 saturated heterocycles. The number of anilines is 2. The Balaban J connectivity index is 1.68. The molecule has 10 heteroatoms. The van der Waals surface area contributed by atoms with Crippen LogP contribution in [-0.2, 0) is 22.6 Å². The number of ether oxygens (including phenoxy) is 1. The van der Waals surface area contributed by atoms with Gasteiger partial charge in [0.05, 0.1) is 26.0 Å². The molecular weight excluding hydrogens is 460 g/mol. The Kier molecular flexibility index (Phi) is 7.57. The Hall–Kier alpha value is -4.70. The number of aromatic amines is 1. The fourth-order valence-electron chi connectivity index (χ4n) is 3.70. The molecule has 0 bridgehead atoms. The summed E-state index contributed by atoms with van der Waals surface area (Å²) in [6.07, 6.45) is 8.26. The molecule has 4 aromatic rings. The molecule has 36 heavy (non-hydrogen) atoms. The maximum absolute atomic E-state index is 13.4. The number of carbonyl (C=O) groups excluding carboxylic acids is 1. The lowest BCUT2D eigenvalue weighted by Gasteiger charge is -2.23. The molecule has 3 N–H and O–H groups in total. The first-order chi connectivity index (χ1) is 17.5. The van der Waals surface area contributed by atoms with Crippen LogP contribution in [0, 0.1) is 0 Å². The highest BCUT2D eigenvalue weighted by molar-refractivity contribution is 6.05. The maximum atomic E-state index is 13.4. The number of nitrogens with one attached hydrogen (secondary N) is 1. The summed E-state index contributed by atoms with van der Waals surface area (Å²) in [5.74, 6) is -0.574. The van der Waals surface area contributed by atoms with Crippen molar-refractivity contribution in [2.75, 3.05) is 24.4 Å². The lowest BCUT2D eigenvalue weighted by Crippen LogP contribution is -2.40. The van der Waals surface area contributed by atoms with Crippen molar-refractivity contribution in [2.45, 2.75) is 13.1 Å². The molecule has 184 valence electrons. The van der Waals surface area contributed by atoms with Gasteiger partial charge in [0.15, 0.2) is 5.69 Å². The van der Waals surface area contributed by atoms with Crippen molar-refractivity contribution in [1.29, 1.82) is 0 Å². The normalized spacial score (nSPS) is 11.1. The Labute approximate surface area is 206 Å². The zero-order valence-electron chi connectivity index (χ0n) is 19.7. The molecule has 2 aromatic carbocycles. The Morgan fingerprint density at radius 3 is 2.56 bits per heavy atom. The largest absolute Gasteiger partial charge is 0.383 e. The van der Waals surface area contributed by atoms with Gasteiger partial charge in [-0.1, -0.05) is 42.5 Å². The average Bonchev–Trinajstić information content (AvgIpc) is 3.42. The van der Waals surface area contributed by atoms with Crippen LogP contribution in [-0.4, -0.2) is 38.7 Å². The van der Waals surface area contributed by atoms with Gasteiger partial charge < -0.3 is 15.0 Å². The second-order valence-corrected chi connectivity index (χ2v) is 7.94. The van der Waals surface area contributed by atoms with E-state index in [1.54, 1.807) is 18.6 Å². The molecule has 10 nitrogen and oxygen atoms in total. The zero-order valence-corrected chi connectivity index (χ0v) is 19.7. The molecule has 0 unspecified atom stereocenters. The van der Waals surface area contributed by atoms with Crippen molar-refractivity contribution in [3.63, 3.8) is 0 Å². The minimum Gasteiger partial charge on any atom is -0.383 e. The van der Waals surface area contributed by atoms with Crippen LogP contribution in [0.4, 0.5) is 11.5 Å². The highest BCUT2D eigenvalue weighted by atomic mass is 16.5. The average molecular weight is 487 g/mol. The van der Waals surface area contributed by atoms with Crippen LogP contribution in [0.1, 0.15) is 11.1 Å². The first-order valence-corrected chi connectivity index (χ1v) is 11.2. The van der Waals surface area contributed by atoms with Crippen LogP contribution in [0.3, 0.4) is 0 Å². The second-order valence-electron chi connectivity index (χ2n) is 7.94. The summed E-state index contributed by atoms with van der Waals surface area (Å²) in [5.41, 5.74) is 7.25. The minimum absolute atomic E-state index is 0.0827. The summed E-state index contributed by atoms with van der Waals surface area (Å²) in [7, 11) is 1.49. The van der Waals surface area contributed by atoms with E-state index in [-0.39, 0.29) is 31.2 Å². The SMILES string of the molecule is COCCn1c(N)c(N(Cc2ccccc2)C(=O)C=Cc2ccc(-n3ccnc3)cc2)c(=O)[nH]c1=O. The molecule has 0 saturated carbocycles. The van der Waals surface area contributed by atoms with E-state index in [4.69, 9.17) is 10.5 Å². The van der Waals surface area contributed by atoms with Crippen LogP contribution in [0.2, 0.25) is 0 Å². The predicted molar refractivity (Wildman–Crippen MR) is 138 cm³/mol. The first-order valence-electron chi connectivity index (χ1n) is 11.2. The third-order valence-electron chi connectivity index (χ3n) is 5.57. The van der Waals surface area contributed by atoms with E-state index >= 15 is 0 Å². The Bertz CT molecular complexity index is 1460. The van der Waals surface area contributed by atoms with E-state index in [1.165, 1.54) is 22.7 Å². The number of aromatic nitrogens is 4. The molecule has 4 rings (SSSR count). The zero-order chi connectivity index (χ0) is 25.5. The first kappa shape index (κ1) is 24.4. The van der Waals surface area contributed by atoms with E-state index < -0.39 is 17.2 Å². The molecule has 2 heterocycles. The van der Waals surface area contributed by atoms with Crippen molar-refractivity contribution in [1.82, 2.24) is 19.1 Å². The lowest BCUT2D eigenvalue weighted by molar-refractivity contribution is -0.114. The van der Waals surface area contributed by atoms with Crippen LogP contribution >= 0.6 is 0 Å². The monoisotopic (exact) mass is 486 g/mol. The van der Waals surface area contributed by atoms with Gasteiger partial charge in [-0.25, -0.2) is 9.78 Å². The lowest BCUT2D eigenvalue weighted by atomic mass is 10.1. The minimum atomic E-state index is -0.742. The van der Waals surface area contributed by atoms with Gasteiger partial charge in [-0.05, 0) is 29.3 Å². The number of carbonyl (C=O) groups is 1. The van der Waals surface area contributed by atoms with Crippen LogP contribution in [0.5, 0.6) is 0 Å². The molecule has 0 aliphatic heterocycles. The van der Waals surface area contributed by atoms with Crippen molar-refractivity contribution in [3.05, 3.63) is 111 Å². The number of rotatable bonds is 9. The van der Waals surface area contributed by atoms with Gasteiger partial charge in [0.25, 0.3) is 11.5 Å². The van der Waals surface area contributed by atoms with Crippen molar-refractivity contribution < 1.29 is 9.53 Å². The van der Waals surface area contributed by atoms with Crippen LogP contribution in [0.25, 0.3) is 11.8 Å². The fourth-order valence-corrected chi connectivity index (χ4v) is 3.70. The maximum Gasteiger partial charge on any atom is 0.330 e. The molecule has 0 aliphatic rings. The summed E-state index contributed by atoms with van der Waals surface area (Å²) in [6.45, 7) is 0.411. The molecule has 0 fully saturated rings. The molecule has 0 radical (unpaired) electrons. The van der Waals surface area contributed by atoms with Gasteiger partial charge in [0.2, 0.25) is 0 Å². The predicted octanol–water partition coefficient (Wildman–Crippen LogP) is 2.20. The van der Waals surface area contributed by atoms with Crippen molar-refractivity contribution >= 4 is 23.5 Å². The van der Waals surface area contributed by atoms with Gasteiger partial charge >= 0.3 is 5.69 Å². The Morgan fingerprint density at radius 1 is 1.14 bits per heavy atom. The summed E-state index contributed by atoms with van der Waals surface area (Å²) >= 11 is 0. The van der Waals surface area contributed by atoms with Gasteiger partial charge in [-0.3, -0.25) is 24.0 Å². The number of methoxy groups -OCH3 is 1. The van der Waals surface area contributed by atoms with E-state index in [0.29, 0.717) is 0 Å². The quantitative estimate of drug-likeness (QED) is 0.349. The number of hydrogen-bond donors (Lipinski definition) is 2. The third kappa shape index (κ3) is 5.50.